The zero-order valence-corrected chi connectivity index (χ0v) is 11.2. The number of carbonyl (C=O) groups is 1. The van der Waals surface area contributed by atoms with Gasteiger partial charge in [0.05, 0.1) is 25.5 Å². The maximum absolute atomic E-state index is 11.0. The number of H-pyrrole nitrogens is 1. The highest BCUT2D eigenvalue weighted by Crippen LogP contribution is 2.27. The van der Waals surface area contributed by atoms with E-state index in [1.165, 1.54) is 0 Å². The summed E-state index contributed by atoms with van der Waals surface area (Å²) in [4.78, 5) is 11.0. The van der Waals surface area contributed by atoms with Gasteiger partial charge in [-0.05, 0) is 13.0 Å². The van der Waals surface area contributed by atoms with Gasteiger partial charge in [-0.2, -0.15) is 5.10 Å². The lowest BCUT2D eigenvalue weighted by molar-refractivity contribution is 0.112. The van der Waals surface area contributed by atoms with E-state index < -0.39 is 0 Å². The molecule has 0 bridgehead atoms. The number of hydrogen-bond donors (Lipinski definition) is 1. The smallest absolute Gasteiger partial charge is 0.153 e. The van der Waals surface area contributed by atoms with Crippen LogP contribution in [-0.4, -0.2) is 30.7 Å². The number of aryl methyl sites for hydroxylation is 1. The molecule has 19 heavy (non-hydrogen) atoms. The highest BCUT2D eigenvalue weighted by molar-refractivity contribution is 5.78. The Morgan fingerprint density at radius 3 is 2.74 bits per heavy atom. The number of ether oxygens (including phenoxy) is 2. The van der Waals surface area contributed by atoms with Crippen LogP contribution >= 0.6 is 0 Å². The lowest BCUT2D eigenvalue weighted by atomic mass is 10.0. The van der Waals surface area contributed by atoms with Gasteiger partial charge in [-0.25, -0.2) is 0 Å². The molecule has 0 unspecified atom stereocenters. The summed E-state index contributed by atoms with van der Waals surface area (Å²) in [5.41, 5.74) is 3.06. The lowest BCUT2D eigenvalue weighted by Gasteiger charge is -2.09. The number of methoxy groups -OCH3 is 2. The summed E-state index contributed by atoms with van der Waals surface area (Å²) < 4.78 is 10.5. The van der Waals surface area contributed by atoms with Crippen molar-refractivity contribution in [2.24, 2.45) is 0 Å². The molecule has 0 aliphatic heterocycles. The minimum atomic E-state index is 0.533. The molecule has 0 radical (unpaired) electrons. The summed E-state index contributed by atoms with van der Waals surface area (Å²) >= 11 is 0. The fourth-order valence-corrected chi connectivity index (χ4v) is 1.96. The zero-order chi connectivity index (χ0) is 13.8. The molecule has 0 saturated carbocycles. The minimum Gasteiger partial charge on any atom is -0.497 e. The Labute approximate surface area is 111 Å². The van der Waals surface area contributed by atoms with Crippen LogP contribution in [0, 0.1) is 6.92 Å². The van der Waals surface area contributed by atoms with E-state index in [2.05, 4.69) is 10.2 Å². The number of rotatable bonds is 5. The molecule has 5 nitrogen and oxygen atoms in total. The summed E-state index contributed by atoms with van der Waals surface area (Å²) in [5.74, 6) is 1.45. The monoisotopic (exact) mass is 260 g/mol. The van der Waals surface area contributed by atoms with Crippen molar-refractivity contribution in [1.29, 1.82) is 0 Å². The summed E-state index contributed by atoms with van der Waals surface area (Å²) in [5, 5.41) is 6.98. The molecule has 1 aromatic heterocycles. The normalized spacial score (nSPS) is 10.3. The number of nitrogens with one attached hydrogen (secondary N) is 1. The SMILES string of the molecule is COc1ccc(Cc2n[nH]c(C)c2C=O)c(OC)c1. The first-order valence-corrected chi connectivity index (χ1v) is 5.89. The standard InChI is InChI=1S/C14H16N2O3/c1-9-12(8-17)13(16-15-9)6-10-4-5-11(18-2)7-14(10)19-3/h4-5,7-8H,6H2,1-3H3,(H,15,16). The van der Waals surface area contributed by atoms with Crippen molar-refractivity contribution in [3.63, 3.8) is 0 Å². The van der Waals surface area contributed by atoms with Gasteiger partial charge in [0.2, 0.25) is 0 Å². The fraction of sp³-hybridized carbons (Fsp3) is 0.286. The van der Waals surface area contributed by atoms with Crippen LogP contribution in [0.2, 0.25) is 0 Å². The Morgan fingerprint density at radius 1 is 1.32 bits per heavy atom. The molecular formula is C14H16N2O3. The minimum absolute atomic E-state index is 0.533. The van der Waals surface area contributed by atoms with Gasteiger partial charge in [-0.15, -0.1) is 0 Å². The molecule has 0 spiro atoms. The fourth-order valence-electron chi connectivity index (χ4n) is 1.96. The van der Waals surface area contributed by atoms with E-state index >= 15 is 0 Å². The summed E-state index contributed by atoms with van der Waals surface area (Å²) in [6, 6.07) is 5.59. The van der Waals surface area contributed by atoms with E-state index in [0.717, 1.165) is 34.7 Å². The van der Waals surface area contributed by atoms with Gasteiger partial charge in [0.25, 0.3) is 0 Å². The maximum Gasteiger partial charge on any atom is 0.153 e. The number of hydrogen-bond acceptors (Lipinski definition) is 4. The Balaban J connectivity index is 2.34. The van der Waals surface area contributed by atoms with E-state index in [1.54, 1.807) is 14.2 Å². The maximum atomic E-state index is 11.0. The van der Waals surface area contributed by atoms with Crippen LogP contribution in [0.15, 0.2) is 18.2 Å². The second kappa shape index (κ2) is 5.56. The topological polar surface area (TPSA) is 64.2 Å². The number of carbonyl (C=O) groups excluding carboxylic acids is 1. The van der Waals surface area contributed by atoms with Crippen LogP contribution in [0.1, 0.15) is 27.3 Å². The highest BCUT2D eigenvalue weighted by atomic mass is 16.5. The number of aromatic amines is 1. The van der Waals surface area contributed by atoms with E-state index in [9.17, 15) is 4.79 Å². The second-order valence-electron chi connectivity index (χ2n) is 4.18. The van der Waals surface area contributed by atoms with E-state index in [4.69, 9.17) is 9.47 Å². The number of aromatic nitrogens is 2. The van der Waals surface area contributed by atoms with Crippen LogP contribution in [0.3, 0.4) is 0 Å². The number of aldehydes is 1. The van der Waals surface area contributed by atoms with Crippen LogP contribution in [-0.2, 0) is 6.42 Å². The molecule has 2 rings (SSSR count). The van der Waals surface area contributed by atoms with Gasteiger partial charge < -0.3 is 9.47 Å². The summed E-state index contributed by atoms with van der Waals surface area (Å²) in [6.45, 7) is 1.82. The van der Waals surface area contributed by atoms with Gasteiger partial charge in [-0.3, -0.25) is 9.89 Å². The third-order valence-electron chi connectivity index (χ3n) is 3.04. The van der Waals surface area contributed by atoms with Gasteiger partial charge in [-0.1, -0.05) is 6.07 Å². The Hall–Kier alpha value is -2.30. The second-order valence-corrected chi connectivity index (χ2v) is 4.18. The Bertz CT molecular complexity index is 590. The summed E-state index contributed by atoms with van der Waals surface area (Å²) in [6.07, 6.45) is 1.36. The quantitative estimate of drug-likeness (QED) is 0.836. The molecule has 2 aromatic rings. The predicted octanol–water partition coefficient (Wildman–Crippen LogP) is 2.14. The van der Waals surface area contributed by atoms with Crippen molar-refractivity contribution < 1.29 is 14.3 Å². The predicted molar refractivity (Wildman–Crippen MR) is 71.1 cm³/mol. The molecule has 0 fully saturated rings. The molecule has 0 saturated heterocycles. The van der Waals surface area contributed by atoms with Gasteiger partial charge >= 0.3 is 0 Å². The van der Waals surface area contributed by atoms with Crippen LogP contribution in [0.25, 0.3) is 0 Å². The lowest BCUT2D eigenvalue weighted by Crippen LogP contribution is -1.98. The van der Waals surface area contributed by atoms with E-state index in [1.807, 2.05) is 25.1 Å². The highest BCUT2D eigenvalue weighted by Gasteiger charge is 2.13. The molecule has 1 heterocycles. The van der Waals surface area contributed by atoms with Crippen molar-refractivity contribution in [2.75, 3.05) is 14.2 Å². The van der Waals surface area contributed by atoms with Crippen molar-refractivity contribution >= 4 is 6.29 Å². The first-order valence-electron chi connectivity index (χ1n) is 5.89. The molecule has 0 atom stereocenters. The average molecular weight is 260 g/mol. The molecule has 0 aliphatic carbocycles. The number of benzene rings is 1. The third kappa shape index (κ3) is 2.59. The van der Waals surface area contributed by atoms with E-state index in [-0.39, 0.29) is 0 Å². The van der Waals surface area contributed by atoms with Gasteiger partial charge in [0.1, 0.15) is 11.5 Å². The van der Waals surface area contributed by atoms with Crippen molar-refractivity contribution in [3.05, 3.63) is 40.7 Å². The number of nitrogens with zero attached hydrogens (tertiary/aromatic N) is 1. The largest absolute Gasteiger partial charge is 0.497 e. The van der Waals surface area contributed by atoms with Crippen molar-refractivity contribution in [2.45, 2.75) is 13.3 Å². The molecule has 100 valence electrons. The van der Waals surface area contributed by atoms with Crippen LogP contribution < -0.4 is 9.47 Å². The zero-order valence-electron chi connectivity index (χ0n) is 11.2. The Morgan fingerprint density at radius 2 is 2.11 bits per heavy atom. The van der Waals surface area contributed by atoms with E-state index in [0.29, 0.717) is 12.0 Å². The van der Waals surface area contributed by atoms with Gasteiger partial charge in [0, 0.05) is 23.7 Å². The third-order valence-corrected chi connectivity index (χ3v) is 3.04. The molecule has 0 amide bonds. The first kappa shape index (κ1) is 13.1. The summed E-state index contributed by atoms with van der Waals surface area (Å²) in [7, 11) is 3.21. The molecule has 0 aliphatic rings. The molecule has 1 aromatic carbocycles. The van der Waals surface area contributed by atoms with Crippen molar-refractivity contribution in [3.8, 4) is 11.5 Å². The van der Waals surface area contributed by atoms with Gasteiger partial charge in [0.15, 0.2) is 6.29 Å². The molecule has 1 N–H and O–H groups in total. The molecular weight excluding hydrogens is 244 g/mol. The van der Waals surface area contributed by atoms with Crippen molar-refractivity contribution in [1.82, 2.24) is 10.2 Å². The van der Waals surface area contributed by atoms with Crippen LogP contribution in [0.5, 0.6) is 11.5 Å². The van der Waals surface area contributed by atoms with Crippen LogP contribution in [0.4, 0.5) is 0 Å². The first-order chi connectivity index (χ1) is 9.19. The Kier molecular flexibility index (Phi) is 3.85. The average Bonchev–Trinajstić information content (AvgIpc) is 2.79. The molecule has 5 heteroatoms.